The summed E-state index contributed by atoms with van der Waals surface area (Å²) in [5.74, 6) is 0.157. The van der Waals surface area contributed by atoms with Gasteiger partial charge in [0, 0.05) is 0 Å². The van der Waals surface area contributed by atoms with Crippen LogP contribution < -0.4 is 4.74 Å². The van der Waals surface area contributed by atoms with Crippen molar-refractivity contribution < 1.29 is 14.3 Å². The van der Waals surface area contributed by atoms with Gasteiger partial charge in [0.1, 0.15) is 17.5 Å². The third kappa shape index (κ3) is 3.95. The Bertz CT molecular complexity index is 682. The van der Waals surface area contributed by atoms with E-state index in [9.17, 15) is 4.79 Å². The molecule has 1 aromatic heterocycles. The molecule has 0 unspecified atom stereocenters. The summed E-state index contributed by atoms with van der Waals surface area (Å²) in [5, 5.41) is 20.2. The van der Waals surface area contributed by atoms with Crippen LogP contribution in [0, 0.1) is 11.3 Å². The number of rotatable bonds is 7. The van der Waals surface area contributed by atoms with E-state index in [0.29, 0.717) is 23.2 Å². The lowest BCUT2D eigenvalue weighted by molar-refractivity contribution is -0.139. The van der Waals surface area contributed by atoms with Crippen LogP contribution >= 0.6 is 11.8 Å². The van der Waals surface area contributed by atoms with Gasteiger partial charge in [-0.25, -0.2) is 0 Å². The molecule has 1 heterocycles. The molecule has 22 heavy (non-hydrogen) atoms. The van der Waals surface area contributed by atoms with Crippen LogP contribution in [0.15, 0.2) is 29.4 Å². The second kappa shape index (κ2) is 7.99. The molecule has 0 bridgehead atoms. The SMILES string of the molecule is CCOc1ccccc1-n1nnnc1SCC(=O)OCC#N. The molecule has 0 amide bonds. The predicted molar refractivity (Wildman–Crippen MR) is 77.6 cm³/mol. The smallest absolute Gasteiger partial charge is 0.317 e. The minimum absolute atomic E-state index is 0.0128. The fourth-order valence-corrected chi connectivity index (χ4v) is 2.29. The molecule has 2 rings (SSSR count). The number of ether oxygens (including phenoxy) is 2. The molecule has 114 valence electrons. The third-order valence-electron chi connectivity index (χ3n) is 2.45. The molecule has 0 spiro atoms. The van der Waals surface area contributed by atoms with Gasteiger partial charge in [-0.2, -0.15) is 9.94 Å². The standard InChI is InChI=1S/C13H13N5O3S/c1-2-20-11-6-4-3-5-10(11)18-13(15-16-17-18)22-9-12(19)21-8-7-14/h3-6H,2,8-9H2,1H3. The first-order chi connectivity index (χ1) is 10.8. The van der Waals surface area contributed by atoms with Crippen molar-refractivity contribution in [2.75, 3.05) is 19.0 Å². The average Bonchev–Trinajstić information content (AvgIpc) is 3.00. The van der Waals surface area contributed by atoms with Gasteiger partial charge in [0.05, 0.1) is 12.4 Å². The number of esters is 1. The highest BCUT2D eigenvalue weighted by molar-refractivity contribution is 7.99. The van der Waals surface area contributed by atoms with E-state index in [1.54, 1.807) is 6.07 Å². The highest BCUT2D eigenvalue weighted by Crippen LogP contribution is 2.25. The fourth-order valence-electron chi connectivity index (χ4n) is 1.61. The van der Waals surface area contributed by atoms with Crippen molar-refractivity contribution >= 4 is 17.7 Å². The van der Waals surface area contributed by atoms with Crippen LogP contribution in [0.3, 0.4) is 0 Å². The van der Waals surface area contributed by atoms with Gasteiger partial charge in [0.25, 0.3) is 0 Å². The first-order valence-corrected chi connectivity index (χ1v) is 7.40. The van der Waals surface area contributed by atoms with Crippen molar-refractivity contribution in [1.82, 2.24) is 20.2 Å². The van der Waals surface area contributed by atoms with E-state index in [1.807, 2.05) is 31.2 Å². The van der Waals surface area contributed by atoms with Gasteiger partial charge in [0.2, 0.25) is 5.16 Å². The molecular formula is C13H13N5O3S. The summed E-state index contributed by atoms with van der Waals surface area (Å²) in [5.41, 5.74) is 0.683. The number of aromatic nitrogens is 4. The summed E-state index contributed by atoms with van der Waals surface area (Å²) < 4.78 is 11.7. The van der Waals surface area contributed by atoms with Gasteiger partial charge >= 0.3 is 5.97 Å². The van der Waals surface area contributed by atoms with E-state index in [4.69, 9.17) is 10.00 Å². The van der Waals surface area contributed by atoms with Crippen LogP contribution in [-0.4, -0.2) is 45.1 Å². The zero-order valence-electron chi connectivity index (χ0n) is 11.8. The zero-order valence-corrected chi connectivity index (χ0v) is 12.6. The van der Waals surface area contributed by atoms with Gasteiger partial charge in [-0.1, -0.05) is 23.9 Å². The Morgan fingerprint density at radius 1 is 1.45 bits per heavy atom. The lowest BCUT2D eigenvalue weighted by atomic mass is 10.3. The first-order valence-electron chi connectivity index (χ1n) is 6.42. The molecule has 0 aliphatic heterocycles. The summed E-state index contributed by atoms with van der Waals surface area (Å²) in [6, 6.07) is 9.07. The normalized spacial score (nSPS) is 10.0. The quantitative estimate of drug-likeness (QED) is 0.554. The first kappa shape index (κ1) is 15.8. The zero-order chi connectivity index (χ0) is 15.8. The Morgan fingerprint density at radius 3 is 3.05 bits per heavy atom. The number of hydrogen-bond donors (Lipinski definition) is 0. The number of nitriles is 1. The van der Waals surface area contributed by atoms with Crippen LogP contribution in [0.25, 0.3) is 5.69 Å². The van der Waals surface area contributed by atoms with Gasteiger partial charge in [-0.3, -0.25) is 4.79 Å². The van der Waals surface area contributed by atoms with E-state index in [0.717, 1.165) is 11.8 Å². The molecule has 2 aromatic rings. The van der Waals surface area contributed by atoms with Gasteiger partial charge < -0.3 is 9.47 Å². The Balaban J connectivity index is 2.13. The molecular weight excluding hydrogens is 306 g/mol. The number of nitrogens with zero attached hydrogens (tertiary/aromatic N) is 5. The van der Waals surface area contributed by atoms with Crippen LogP contribution in [0.5, 0.6) is 5.75 Å². The maximum Gasteiger partial charge on any atom is 0.317 e. The molecule has 0 fully saturated rings. The number of benzene rings is 1. The number of thioether (sulfide) groups is 1. The van der Waals surface area contributed by atoms with E-state index >= 15 is 0 Å². The molecule has 0 aliphatic rings. The Hall–Kier alpha value is -2.60. The van der Waals surface area contributed by atoms with E-state index in [1.165, 1.54) is 4.68 Å². The maximum absolute atomic E-state index is 11.4. The topological polar surface area (TPSA) is 103 Å². The minimum atomic E-state index is -0.501. The van der Waals surface area contributed by atoms with Crippen LogP contribution in [0.4, 0.5) is 0 Å². The molecule has 8 nitrogen and oxygen atoms in total. The summed E-state index contributed by atoms with van der Waals surface area (Å²) in [7, 11) is 0. The molecule has 0 radical (unpaired) electrons. The second-order valence-electron chi connectivity index (χ2n) is 3.88. The largest absolute Gasteiger partial charge is 0.492 e. The molecule has 9 heteroatoms. The Labute approximate surface area is 131 Å². The van der Waals surface area contributed by atoms with Crippen molar-refractivity contribution in [3.05, 3.63) is 24.3 Å². The fraction of sp³-hybridized carbons (Fsp3) is 0.308. The van der Waals surface area contributed by atoms with Gasteiger partial charge in [-0.05, 0) is 29.5 Å². The molecule has 0 saturated carbocycles. The van der Waals surface area contributed by atoms with Gasteiger partial charge in [0.15, 0.2) is 6.61 Å². The summed E-state index contributed by atoms with van der Waals surface area (Å²) in [6.07, 6.45) is 0. The van der Waals surface area contributed by atoms with Crippen LogP contribution in [-0.2, 0) is 9.53 Å². The lowest BCUT2D eigenvalue weighted by Crippen LogP contribution is -2.09. The van der Waals surface area contributed by atoms with E-state index < -0.39 is 5.97 Å². The second-order valence-corrected chi connectivity index (χ2v) is 4.82. The maximum atomic E-state index is 11.4. The van der Waals surface area contributed by atoms with E-state index in [-0.39, 0.29) is 12.4 Å². The number of para-hydroxylation sites is 2. The average molecular weight is 319 g/mol. The molecule has 1 aromatic carbocycles. The minimum Gasteiger partial charge on any atom is -0.492 e. The Morgan fingerprint density at radius 2 is 2.27 bits per heavy atom. The van der Waals surface area contributed by atoms with Crippen molar-refractivity contribution in [3.63, 3.8) is 0 Å². The lowest BCUT2D eigenvalue weighted by Gasteiger charge is -2.10. The van der Waals surface area contributed by atoms with Crippen molar-refractivity contribution in [2.45, 2.75) is 12.1 Å². The Kier molecular flexibility index (Phi) is 5.73. The number of carbonyl (C=O) groups is 1. The monoisotopic (exact) mass is 319 g/mol. The third-order valence-corrected chi connectivity index (χ3v) is 3.34. The van der Waals surface area contributed by atoms with Gasteiger partial charge in [-0.15, -0.1) is 5.10 Å². The van der Waals surface area contributed by atoms with Crippen molar-refractivity contribution in [2.24, 2.45) is 0 Å². The highest BCUT2D eigenvalue weighted by atomic mass is 32.2. The molecule has 0 atom stereocenters. The number of carbonyl (C=O) groups excluding carboxylic acids is 1. The molecule has 0 aliphatic carbocycles. The number of tetrazole rings is 1. The number of hydrogen-bond acceptors (Lipinski definition) is 8. The van der Waals surface area contributed by atoms with Crippen molar-refractivity contribution in [3.8, 4) is 17.5 Å². The molecule has 0 saturated heterocycles. The van der Waals surface area contributed by atoms with Crippen LogP contribution in [0.2, 0.25) is 0 Å². The predicted octanol–water partition coefficient (Wildman–Crippen LogP) is 1.22. The molecule has 0 N–H and O–H groups in total. The highest BCUT2D eigenvalue weighted by Gasteiger charge is 2.15. The summed E-state index contributed by atoms with van der Waals surface area (Å²) in [6.45, 7) is 2.14. The summed E-state index contributed by atoms with van der Waals surface area (Å²) >= 11 is 1.12. The van der Waals surface area contributed by atoms with Crippen LogP contribution in [0.1, 0.15) is 6.92 Å². The summed E-state index contributed by atoms with van der Waals surface area (Å²) in [4.78, 5) is 11.4. The van der Waals surface area contributed by atoms with Crippen molar-refractivity contribution in [1.29, 1.82) is 5.26 Å². The van der Waals surface area contributed by atoms with E-state index in [2.05, 4.69) is 20.3 Å².